The fourth-order valence-electron chi connectivity index (χ4n) is 3.09. The van der Waals surface area contributed by atoms with E-state index in [1.165, 1.54) is 35.4 Å². The first-order chi connectivity index (χ1) is 14.2. The quantitative estimate of drug-likeness (QED) is 0.311. The van der Waals surface area contributed by atoms with E-state index < -0.39 is 11.8 Å². The van der Waals surface area contributed by atoms with Crippen molar-refractivity contribution in [3.8, 4) is 0 Å². The van der Waals surface area contributed by atoms with Gasteiger partial charge in [-0.3, -0.25) is 19.6 Å². The largest absolute Gasteiger partial charge is 0.288 e. The summed E-state index contributed by atoms with van der Waals surface area (Å²) in [4.78, 5) is 28.9. The van der Waals surface area contributed by atoms with E-state index in [-0.39, 0.29) is 11.5 Å². The Labute approximate surface area is 169 Å². The number of nitrogens with one attached hydrogen (secondary N) is 2. The molecule has 6 heteroatoms. The van der Waals surface area contributed by atoms with Crippen LogP contribution in [0.1, 0.15) is 44.2 Å². The zero-order valence-corrected chi connectivity index (χ0v) is 15.7. The van der Waals surface area contributed by atoms with E-state index in [2.05, 4.69) is 29.7 Å². The van der Waals surface area contributed by atoms with E-state index >= 15 is 0 Å². The summed E-state index contributed by atoms with van der Waals surface area (Å²) in [6.07, 6.45) is 0.698. The molecule has 3 aromatic rings. The Morgan fingerprint density at radius 2 is 1.24 bits per heavy atom. The van der Waals surface area contributed by atoms with Crippen LogP contribution in [0.2, 0.25) is 0 Å². The second kappa shape index (κ2) is 10.2. The predicted molar refractivity (Wildman–Crippen MR) is 108 cm³/mol. The Kier molecular flexibility index (Phi) is 7.10. The fourth-order valence-corrected chi connectivity index (χ4v) is 3.09. The minimum atomic E-state index is -0.638. The summed E-state index contributed by atoms with van der Waals surface area (Å²) < 4.78 is 0. The van der Waals surface area contributed by atoms with Crippen LogP contribution in [0, 0.1) is 0 Å². The molecule has 0 aliphatic heterocycles. The smallest absolute Gasteiger partial charge is 0.274 e. The highest BCUT2D eigenvalue weighted by molar-refractivity contribution is 5.97. The lowest BCUT2D eigenvalue weighted by molar-refractivity contribution is 0.0294. The normalized spacial score (nSPS) is 10.6. The molecule has 0 atom stereocenters. The van der Waals surface area contributed by atoms with Crippen molar-refractivity contribution in [3.05, 3.63) is 107 Å². The monoisotopic (exact) mass is 390 g/mol. The lowest BCUT2D eigenvalue weighted by Crippen LogP contribution is -2.25. The fraction of sp³-hybridized carbons (Fsp3) is 0.130. The van der Waals surface area contributed by atoms with Gasteiger partial charge in [-0.2, -0.15) is 0 Å². The number of hydrogen-bond donors (Lipinski definition) is 3. The van der Waals surface area contributed by atoms with Gasteiger partial charge in [-0.1, -0.05) is 60.7 Å². The maximum Gasteiger partial charge on any atom is 0.274 e. The summed E-state index contributed by atoms with van der Waals surface area (Å²) in [6, 6.07) is 26.2. The highest BCUT2D eigenvalue weighted by atomic mass is 16.6. The van der Waals surface area contributed by atoms with Crippen LogP contribution in [-0.2, 0) is 4.84 Å². The average Bonchev–Trinajstić information content (AvgIpc) is 2.79. The second-order valence-corrected chi connectivity index (χ2v) is 6.46. The second-order valence-electron chi connectivity index (χ2n) is 6.46. The third-order valence-electron chi connectivity index (χ3n) is 4.59. The van der Waals surface area contributed by atoms with Crippen LogP contribution in [0.25, 0.3) is 0 Å². The van der Waals surface area contributed by atoms with Crippen LogP contribution >= 0.6 is 0 Å². The molecular weight excluding hydrogens is 368 g/mol. The number of benzene rings is 3. The molecule has 0 unspecified atom stereocenters. The Morgan fingerprint density at radius 3 is 1.72 bits per heavy atom. The number of carbonyl (C=O) groups excluding carboxylic acids is 2. The Morgan fingerprint density at radius 1 is 0.759 bits per heavy atom. The number of carbonyl (C=O) groups is 2. The minimum Gasteiger partial charge on any atom is -0.288 e. The van der Waals surface area contributed by atoms with Gasteiger partial charge in [0.1, 0.15) is 0 Å². The SMILES string of the molecule is O=C(NO)c1ccc(C(=O)NOCCC(c2ccccc2)c2ccccc2)cc1. The molecule has 0 aromatic heterocycles. The summed E-state index contributed by atoms with van der Waals surface area (Å²) in [7, 11) is 0. The van der Waals surface area contributed by atoms with Crippen molar-refractivity contribution in [2.24, 2.45) is 0 Å². The van der Waals surface area contributed by atoms with Crippen molar-refractivity contribution in [1.29, 1.82) is 0 Å². The first-order valence-electron chi connectivity index (χ1n) is 9.25. The van der Waals surface area contributed by atoms with Crippen LogP contribution in [0.15, 0.2) is 84.9 Å². The molecular formula is C23H22N2O4. The van der Waals surface area contributed by atoms with Gasteiger partial charge in [-0.05, 0) is 41.8 Å². The van der Waals surface area contributed by atoms with E-state index in [9.17, 15) is 9.59 Å². The van der Waals surface area contributed by atoms with Gasteiger partial charge in [-0.15, -0.1) is 0 Å². The molecule has 3 aromatic carbocycles. The number of rotatable bonds is 8. The molecule has 0 bridgehead atoms. The van der Waals surface area contributed by atoms with Crippen LogP contribution in [0.3, 0.4) is 0 Å². The van der Waals surface area contributed by atoms with Gasteiger partial charge in [0.25, 0.3) is 11.8 Å². The molecule has 0 saturated carbocycles. The predicted octanol–water partition coefficient (Wildman–Crippen LogP) is 3.69. The lowest BCUT2D eigenvalue weighted by Gasteiger charge is -2.18. The first-order valence-corrected chi connectivity index (χ1v) is 9.25. The van der Waals surface area contributed by atoms with Gasteiger partial charge in [0.05, 0.1) is 6.61 Å². The third kappa shape index (κ3) is 5.51. The summed E-state index contributed by atoms with van der Waals surface area (Å²) in [5.74, 6) is -0.886. The maximum atomic E-state index is 12.2. The van der Waals surface area contributed by atoms with Gasteiger partial charge >= 0.3 is 0 Å². The molecule has 148 valence electrons. The van der Waals surface area contributed by atoms with Crippen molar-refractivity contribution in [2.75, 3.05) is 6.61 Å². The number of hydrogen-bond acceptors (Lipinski definition) is 4. The van der Waals surface area contributed by atoms with Gasteiger partial charge < -0.3 is 0 Å². The Hall–Kier alpha value is -3.48. The Balaban J connectivity index is 1.56. The van der Waals surface area contributed by atoms with Crippen molar-refractivity contribution >= 4 is 11.8 Å². The van der Waals surface area contributed by atoms with Gasteiger partial charge in [0.15, 0.2) is 0 Å². The van der Waals surface area contributed by atoms with Crippen molar-refractivity contribution in [3.63, 3.8) is 0 Å². The maximum absolute atomic E-state index is 12.2. The summed E-state index contributed by atoms with van der Waals surface area (Å²) in [6.45, 7) is 0.338. The minimum absolute atomic E-state index is 0.158. The molecule has 29 heavy (non-hydrogen) atoms. The van der Waals surface area contributed by atoms with E-state index in [0.717, 1.165) is 0 Å². The molecule has 3 rings (SSSR count). The van der Waals surface area contributed by atoms with Gasteiger partial charge in [0.2, 0.25) is 0 Å². The topological polar surface area (TPSA) is 87.7 Å². The van der Waals surface area contributed by atoms with Crippen molar-refractivity contribution in [2.45, 2.75) is 12.3 Å². The van der Waals surface area contributed by atoms with Crippen LogP contribution in [-0.4, -0.2) is 23.6 Å². The molecule has 0 aliphatic rings. The lowest BCUT2D eigenvalue weighted by atomic mass is 9.89. The van der Waals surface area contributed by atoms with Gasteiger partial charge in [0, 0.05) is 17.0 Å². The molecule has 0 fully saturated rings. The molecule has 3 N–H and O–H groups in total. The standard InChI is InChI=1S/C23H22N2O4/c26-22(24-28)19-11-13-20(14-12-19)23(27)25-29-16-15-21(17-7-3-1-4-8-17)18-9-5-2-6-10-18/h1-14,21,28H,15-16H2,(H,24,26)(H,25,27). The summed E-state index contributed by atoms with van der Waals surface area (Å²) >= 11 is 0. The van der Waals surface area contributed by atoms with E-state index in [4.69, 9.17) is 10.0 Å². The van der Waals surface area contributed by atoms with Crippen molar-refractivity contribution in [1.82, 2.24) is 11.0 Å². The van der Waals surface area contributed by atoms with E-state index in [1.807, 2.05) is 36.4 Å². The molecule has 0 spiro atoms. The molecule has 0 aliphatic carbocycles. The van der Waals surface area contributed by atoms with Gasteiger partial charge in [-0.25, -0.2) is 11.0 Å². The van der Waals surface area contributed by atoms with Crippen molar-refractivity contribution < 1.29 is 19.6 Å². The summed E-state index contributed by atoms with van der Waals surface area (Å²) in [5, 5.41) is 8.62. The Bertz CT molecular complexity index is 889. The average molecular weight is 390 g/mol. The molecule has 0 saturated heterocycles. The van der Waals surface area contributed by atoms with Crippen LogP contribution in [0.5, 0.6) is 0 Å². The summed E-state index contributed by atoms with van der Waals surface area (Å²) in [5.41, 5.74) is 6.95. The van der Waals surface area contributed by atoms with Crippen LogP contribution in [0.4, 0.5) is 0 Å². The number of amides is 2. The zero-order chi connectivity index (χ0) is 20.5. The number of hydroxylamine groups is 2. The van der Waals surface area contributed by atoms with E-state index in [1.54, 1.807) is 5.48 Å². The first kappa shape index (κ1) is 20.3. The zero-order valence-electron chi connectivity index (χ0n) is 15.7. The molecule has 0 heterocycles. The third-order valence-corrected chi connectivity index (χ3v) is 4.59. The highest BCUT2D eigenvalue weighted by Gasteiger charge is 2.14. The molecule has 0 radical (unpaired) electrons. The molecule has 2 amide bonds. The molecule has 6 nitrogen and oxygen atoms in total. The highest BCUT2D eigenvalue weighted by Crippen LogP contribution is 2.27. The van der Waals surface area contributed by atoms with Crippen LogP contribution < -0.4 is 11.0 Å². The van der Waals surface area contributed by atoms with E-state index in [0.29, 0.717) is 18.6 Å².